The number of nitrogens with zero attached hydrogens (tertiary/aromatic N) is 3. The van der Waals surface area contributed by atoms with Crippen molar-refractivity contribution in [3.63, 3.8) is 0 Å². The van der Waals surface area contributed by atoms with Crippen molar-refractivity contribution in [3.05, 3.63) is 11.8 Å². The zero-order chi connectivity index (χ0) is 13.3. The van der Waals surface area contributed by atoms with Crippen LogP contribution in [-0.4, -0.2) is 42.1 Å². The Balaban J connectivity index is 2.37. The van der Waals surface area contributed by atoms with Crippen molar-refractivity contribution >= 4 is 38.5 Å². The summed E-state index contributed by atoms with van der Waals surface area (Å²) in [5.74, 6) is -0.188. The molecule has 0 unspecified atom stereocenters. The highest BCUT2D eigenvalue weighted by atomic mass is 127. The minimum absolute atomic E-state index is 0.188. The molecule has 18 heavy (non-hydrogen) atoms. The highest BCUT2D eigenvalue weighted by molar-refractivity contribution is 14.1. The van der Waals surface area contributed by atoms with E-state index in [9.17, 15) is 13.2 Å². The van der Waals surface area contributed by atoms with E-state index >= 15 is 0 Å². The summed E-state index contributed by atoms with van der Waals surface area (Å²) in [7, 11) is -3.88. The molecule has 1 fully saturated rings. The smallest absolute Gasteiger partial charge is 0.272 e. The molecule has 0 saturated carbocycles. The third kappa shape index (κ3) is 2.67. The molecule has 1 aromatic heterocycles. The highest BCUT2D eigenvalue weighted by Gasteiger charge is 2.25. The summed E-state index contributed by atoms with van der Waals surface area (Å²) in [6, 6.07) is 1.24. The third-order valence-electron chi connectivity index (χ3n) is 2.77. The Morgan fingerprint density at radius 1 is 1.44 bits per heavy atom. The predicted octanol–water partition coefficient (Wildman–Crippen LogP) is 0.159. The van der Waals surface area contributed by atoms with Gasteiger partial charge in [0.15, 0.2) is 5.03 Å². The minimum atomic E-state index is -3.88. The number of carbonyl (C=O) groups is 1. The van der Waals surface area contributed by atoms with Gasteiger partial charge in [0.1, 0.15) is 5.69 Å². The first-order valence-corrected chi connectivity index (χ1v) is 8.46. The molecule has 0 aromatic carbocycles. The first-order valence-electron chi connectivity index (χ1n) is 5.39. The largest absolute Gasteiger partial charge is 0.337 e. The van der Waals surface area contributed by atoms with Crippen LogP contribution in [0.5, 0.6) is 0 Å². The molecule has 100 valence electrons. The number of aromatic nitrogens is 2. The maximum atomic E-state index is 12.2. The average Bonchev–Trinajstić information content (AvgIpc) is 2.96. The Hall–Kier alpha value is -0.680. The topological polar surface area (TPSA) is 98.3 Å². The molecule has 0 atom stereocenters. The number of carbonyl (C=O) groups excluding carboxylic acids is 1. The Labute approximate surface area is 119 Å². The van der Waals surface area contributed by atoms with E-state index in [1.807, 2.05) is 22.6 Å². The predicted molar refractivity (Wildman–Crippen MR) is 72.8 cm³/mol. The quantitative estimate of drug-likeness (QED) is 0.593. The SMILES string of the molecule is NS(=O)(=O)c1cc(C(=O)N2CCCC2)n(CI)n1. The van der Waals surface area contributed by atoms with Gasteiger partial charge in [-0.25, -0.2) is 18.2 Å². The van der Waals surface area contributed by atoms with Crippen molar-refractivity contribution in [3.8, 4) is 0 Å². The van der Waals surface area contributed by atoms with Gasteiger partial charge in [-0.05, 0) is 12.8 Å². The molecular formula is C9H13IN4O3S. The van der Waals surface area contributed by atoms with Gasteiger partial charge in [0.2, 0.25) is 0 Å². The molecule has 1 saturated heterocycles. The number of amides is 1. The van der Waals surface area contributed by atoms with Crippen molar-refractivity contribution in [1.82, 2.24) is 14.7 Å². The average molecular weight is 384 g/mol. The third-order valence-corrected chi connectivity index (χ3v) is 4.20. The Bertz CT molecular complexity index is 562. The Morgan fingerprint density at radius 2 is 2.06 bits per heavy atom. The standard InChI is InChI=1S/C9H13IN4O3S/c10-6-14-7(5-8(12-14)18(11,16)17)9(15)13-3-1-2-4-13/h5H,1-4,6H2,(H2,11,16,17). The molecule has 1 aromatic rings. The van der Waals surface area contributed by atoms with E-state index < -0.39 is 10.0 Å². The van der Waals surface area contributed by atoms with E-state index in [0.717, 1.165) is 12.8 Å². The summed E-state index contributed by atoms with van der Waals surface area (Å²) in [4.78, 5) is 13.9. The molecule has 2 heterocycles. The van der Waals surface area contributed by atoms with Crippen LogP contribution in [0.3, 0.4) is 0 Å². The summed E-state index contributed by atoms with van der Waals surface area (Å²) in [6.45, 7) is 1.41. The second-order valence-corrected chi connectivity index (χ2v) is 6.22. The summed E-state index contributed by atoms with van der Waals surface area (Å²) >= 11 is 2.01. The van der Waals surface area contributed by atoms with Gasteiger partial charge >= 0.3 is 0 Å². The summed E-state index contributed by atoms with van der Waals surface area (Å²) < 4.78 is 24.2. The summed E-state index contributed by atoms with van der Waals surface area (Å²) in [5, 5.41) is 8.60. The molecule has 2 rings (SSSR count). The number of likely N-dealkylation sites (tertiary alicyclic amines) is 1. The van der Waals surface area contributed by atoms with Gasteiger partial charge in [0.25, 0.3) is 15.9 Å². The first-order chi connectivity index (χ1) is 8.43. The van der Waals surface area contributed by atoms with Crippen LogP contribution in [-0.2, 0) is 14.6 Å². The second kappa shape index (κ2) is 5.13. The number of sulfonamides is 1. The van der Waals surface area contributed by atoms with Crippen LogP contribution in [0, 0.1) is 0 Å². The number of hydrogen-bond donors (Lipinski definition) is 1. The monoisotopic (exact) mass is 384 g/mol. The summed E-state index contributed by atoms with van der Waals surface area (Å²) in [6.07, 6.45) is 1.96. The van der Waals surface area contributed by atoms with Crippen LogP contribution in [0.4, 0.5) is 0 Å². The fraction of sp³-hybridized carbons (Fsp3) is 0.556. The van der Waals surface area contributed by atoms with E-state index in [4.69, 9.17) is 5.14 Å². The maximum absolute atomic E-state index is 12.2. The molecule has 0 radical (unpaired) electrons. The van der Waals surface area contributed by atoms with Gasteiger partial charge in [0, 0.05) is 19.2 Å². The van der Waals surface area contributed by atoms with Gasteiger partial charge in [-0.3, -0.25) is 4.79 Å². The lowest BCUT2D eigenvalue weighted by Crippen LogP contribution is -2.29. The van der Waals surface area contributed by atoms with Crippen LogP contribution in [0.1, 0.15) is 23.3 Å². The number of rotatable bonds is 3. The van der Waals surface area contributed by atoms with Crippen molar-refractivity contribution in [1.29, 1.82) is 0 Å². The van der Waals surface area contributed by atoms with Crippen LogP contribution in [0.25, 0.3) is 0 Å². The number of alkyl halides is 1. The Morgan fingerprint density at radius 3 is 2.56 bits per heavy atom. The molecule has 0 bridgehead atoms. The van der Waals surface area contributed by atoms with Gasteiger partial charge in [-0.15, -0.1) is 0 Å². The number of hydrogen-bond acceptors (Lipinski definition) is 4. The molecule has 0 spiro atoms. The molecule has 1 aliphatic rings. The molecule has 1 amide bonds. The minimum Gasteiger partial charge on any atom is -0.337 e. The van der Waals surface area contributed by atoms with Gasteiger partial charge in [-0.2, -0.15) is 5.10 Å². The molecule has 0 aliphatic carbocycles. The number of nitrogens with two attached hydrogens (primary N) is 1. The molecular weight excluding hydrogens is 371 g/mol. The van der Waals surface area contributed by atoms with Crippen molar-refractivity contribution in [2.24, 2.45) is 5.14 Å². The van der Waals surface area contributed by atoms with Crippen LogP contribution in [0.15, 0.2) is 11.1 Å². The first kappa shape index (κ1) is 13.7. The fourth-order valence-corrected chi connectivity index (χ4v) is 2.89. The zero-order valence-corrected chi connectivity index (χ0v) is 12.5. The Kier molecular flexibility index (Phi) is 3.92. The highest BCUT2D eigenvalue weighted by Crippen LogP contribution is 2.16. The summed E-state index contributed by atoms with van der Waals surface area (Å²) in [5.41, 5.74) is 0.273. The van der Waals surface area contributed by atoms with E-state index in [2.05, 4.69) is 5.10 Å². The van der Waals surface area contributed by atoms with E-state index in [0.29, 0.717) is 17.6 Å². The molecule has 2 N–H and O–H groups in total. The van der Waals surface area contributed by atoms with Crippen LogP contribution in [0.2, 0.25) is 0 Å². The van der Waals surface area contributed by atoms with E-state index in [1.54, 1.807) is 4.90 Å². The normalized spacial score (nSPS) is 16.2. The lowest BCUT2D eigenvalue weighted by atomic mass is 10.3. The number of halogens is 1. The van der Waals surface area contributed by atoms with E-state index in [-0.39, 0.29) is 16.6 Å². The molecule has 9 heteroatoms. The van der Waals surface area contributed by atoms with Crippen molar-refractivity contribution < 1.29 is 13.2 Å². The zero-order valence-electron chi connectivity index (χ0n) is 9.54. The maximum Gasteiger partial charge on any atom is 0.272 e. The molecule has 1 aliphatic heterocycles. The van der Waals surface area contributed by atoms with Gasteiger partial charge in [-0.1, -0.05) is 22.6 Å². The van der Waals surface area contributed by atoms with Crippen molar-refractivity contribution in [2.75, 3.05) is 13.1 Å². The lowest BCUT2D eigenvalue weighted by molar-refractivity contribution is 0.0782. The second-order valence-electron chi connectivity index (χ2n) is 4.03. The van der Waals surface area contributed by atoms with Gasteiger partial charge in [0.05, 0.1) is 4.55 Å². The fourth-order valence-electron chi connectivity index (χ4n) is 1.88. The van der Waals surface area contributed by atoms with Gasteiger partial charge < -0.3 is 4.90 Å². The van der Waals surface area contributed by atoms with E-state index in [1.165, 1.54) is 10.7 Å². The number of primary sulfonamides is 1. The van der Waals surface area contributed by atoms with Crippen molar-refractivity contribution in [2.45, 2.75) is 22.4 Å². The van der Waals surface area contributed by atoms with Crippen LogP contribution < -0.4 is 5.14 Å². The molecule has 7 nitrogen and oxygen atoms in total. The van der Waals surface area contributed by atoms with Crippen LogP contribution >= 0.6 is 22.6 Å². The lowest BCUT2D eigenvalue weighted by Gasteiger charge is -2.15.